The lowest BCUT2D eigenvalue weighted by molar-refractivity contribution is -0.122. The average Bonchev–Trinajstić information content (AvgIpc) is 3.35. The zero-order valence-electron chi connectivity index (χ0n) is 20.8. The fourth-order valence-electron chi connectivity index (χ4n) is 4.07. The Kier molecular flexibility index (Phi) is 6.81. The first-order valence-electron chi connectivity index (χ1n) is 11.6. The molecule has 2 aliphatic rings. The second kappa shape index (κ2) is 10.2. The van der Waals surface area contributed by atoms with Crippen molar-refractivity contribution in [2.24, 2.45) is 0 Å². The van der Waals surface area contributed by atoms with E-state index in [1.54, 1.807) is 24.3 Å². The number of urea groups is 1. The standard InChI is InChI=1S/C28H23BrN2O7/c1-15-4-6-19(8-16(15)2)31-27(33)20(26(32)30-28(31)34)9-18-10-21(29)25(24(12-18)35-3)36-13-17-5-7-22-23(11-17)38-14-37-22/h4-12H,13-14H2,1-3H3,(H,30,32,34)/b20-9+. The highest BCUT2D eigenvalue weighted by Gasteiger charge is 2.37. The Morgan fingerprint density at radius 3 is 2.55 bits per heavy atom. The summed E-state index contributed by atoms with van der Waals surface area (Å²) in [6, 6.07) is 13.3. The zero-order valence-corrected chi connectivity index (χ0v) is 22.4. The second-order valence-corrected chi connectivity index (χ2v) is 9.59. The van der Waals surface area contributed by atoms with Gasteiger partial charge >= 0.3 is 6.03 Å². The minimum atomic E-state index is -0.800. The Morgan fingerprint density at radius 2 is 1.79 bits per heavy atom. The molecule has 9 nitrogen and oxygen atoms in total. The minimum absolute atomic E-state index is 0.188. The quantitative estimate of drug-likeness (QED) is 0.322. The van der Waals surface area contributed by atoms with E-state index in [0.29, 0.717) is 38.7 Å². The van der Waals surface area contributed by atoms with Crippen LogP contribution in [0.3, 0.4) is 0 Å². The van der Waals surface area contributed by atoms with Gasteiger partial charge in [-0.1, -0.05) is 12.1 Å². The molecule has 0 spiro atoms. The maximum absolute atomic E-state index is 13.3. The highest BCUT2D eigenvalue weighted by atomic mass is 79.9. The van der Waals surface area contributed by atoms with Crippen LogP contribution >= 0.6 is 15.9 Å². The molecule has 0 saturated carbocycles. The van der Waals surface area contributed by atoms with Gasteiger partial charge in [0.2, 0.25) is 6.79 Å². The average molecular weight is 579 g/mol. The van der Waals surface area contributed by atoms with Crippen molar-refractivity contribution in [1.29, 1.82) is 0 Å². The van der Waals surface area contributed by atoms with Crippen molar-refractivity contribution < 1.29 is 33.3 Å². The summed E-state index contributed by atoms with van der Waals surface area (Å²) in [6.07, 6.45) is 1.41. The van der Waals surface area contributed by atoms with Crippen LogP contribution in [0.4, 0.5) is 10.5 Å². The Labute approximate surface area is 227 Å². The number of halogens is 1. The highest BCUT2D eigenvalue weighted by molar-refractivity contribution is 9.10. The van der Waals surface area contributed by atoms with Gasteiger partial charge in [0.05, 0.1) is 17.3 Å². The first kappa shape index (κ1) is 25.3. The van der Waals surface area contributed by atoms with Crippen LogP contribution in [0.15, 0.2) is 58.6 Å². The summed E-state index contributed by atoms with van der Waals surface area (Å²) in [5, 5.41) is 2.25. The number of ether oxygens (including phenoxy) is 4. The van der Waals surface area contributed by atoms with Crippen molar-refractivity contribution in [3.8, 4) is 23.0 Å². The van der Waals surface area contributed by atoms with E-state index in [1.807, 2.05) is 38.1 Å². The molecule has 0 atom stereocenters. The third-order valence-corrected chi connectivity index (χ3v) is 6.82. The number of rotatable bonds is 6. The van der Waals surface area contributed by atoms with E-state index in [0.717, 1.165) is 21.6 Å². The molecule has 10 heteroatoms. The van der Waals surface area contributed by atoms with E-state index in [2.05, 4.69) is 21.2 Å². The summed E-state index contributed by atoms with van der Waals surface area (Å²) in [5.74, 6) is 0.668. The number of aryl methyl sites for hydroxylation is 2. The molecule has 1 fully saturated rings. The first-order chi connectivity index (χ1) is 18.2. The Bertz CT molecular complexity index is 1520. The topological polar surface area (TPSA) is 103 Å². The fraction of sp³-hybridized carbons (Fsp3) is 0.179. The summed E-state index contributed by atoms with van der Waals surface area (Å²) in [5.41, 5.74) is 3.48. The molecule has 3 aromatic carbocycles. The number of barbiturate groups is 1. The number of methoxy groups -OCH3 is 1. The van der Waals surface area contributed by atoms with E-state index >= 15 is 0 Å². The number of fused-ring (bicyclic) bond motifs is 1. The third kappa shape index (κ3) is 4.82. The second-order valence-electron chi connectivity index (χ2n) is 8.74. The molecule has 0 radical (unpaired) electrons. The predicted molar refractivity (Wildman–Crippen MR) is 143 cm³/mol. The van der Waals surface area contributed by atoms with Crippen LogP contribution in [0.1, 0.15) is 22.3 Å². The van der Waals surface area contributed by atoms with Crippen LogP contribution < -0.4 is 29.2 Å². The SMILES string of the molecule is COc1cc(/C=C2\C(=O)NC(=O)N(c3ccc(C)c(C)c3)C2=O)cc(Br)c1OCc1ccc2c(c1)OCO2. The largest absolute Gasteiger partial charge is 0.493 e. The molecule has 194 valence electrons. The van der Waals surface area contributed by atoms with E-state index < -0.39 is 17.8 Å². The third-order valence-electron chi connectivity index (χ3n) is 6.23. The van der Waals surface area contributed by atoms with Crippen LogP contribution in [0.25, 0.3) is 6.08 Å². The van der Waals surface area contributed by atoms with E-state index in [1.165, 1.54) is 13.2 Å². The molecular weight excluding hydrogens is 556 g/mol. The van der Waals surface area contributed by atoms with Crippen LogP contribution in [-0.2, 0) is 16.2 Å². The monoisotopic (exact) mass is 578 g/mol. The molecular formula is C28H23BrN2O7. The molecule has 38 heavy (non-hydrogen) atoms. The van der Waals surface area contributed by atoms with Crippen LogP contribution in [0.5, 0.6) is 23.0 Å². The van der Waals surface area contributed by atoms with Gasteiger partial charge in [-0.15, -0.1) is 0 Å². The number of carbonyl (C=O) groups is 3. The van der Waals surface area contributed by atoms with Crippen molar-refractivity contribution in [1.82, 2.24) is 5.32 Å². The molecule has 4 amide bonds. The van der Waals surface area contributed by atoms with Crippen molar-refractivity contribution in [3.05, 3.63) is 80.8 Å². The van der Waals surface area contributed by atoms with Gasteiger partial charge in [-0.05, 0) is 94.5 Å². The molecule has 0 bridgehead atoms. The number of nitrogens with zero attached hydrogens (tertiary/aromatic N) is 1. The molecule has 1 saturated heterocycles. The Balaban J connectivity index is 1.41. The number of anilines is 1. The first-order valence-corrected chi connectivity index (χ1v) is 12.4. The molecule has 2 aliphatic heterocycles. The van der Waals surface area contributed by atoms with Crippen LogP contribution in [0, 0.1) is 13.8 Å². The van der Waals surface area contributed by atoms with Crippen molar-refractivity contribution in [2.75, 3.05) is 18.8 Å². The zero-order chi connectivity index (χ0) is 27.0. The summed E-state index contributed by atoms with van der Waals surface area (Å²) in [7, 11) is 1.49. The number of nitrogens with one attached hydrogen (secondary N) is 1. The van der Waals surface area contributed by atoms with Crippen molar-refractivity contribution >= 4 is 45.5 Å². The maximum atomic E-state index is 13.3. The molecule has 3 aromatic rings. The Hall–Kier alpha value is -4.31. The van der Waals surface area contributed by atoms with Crippen LogP contribution in [-0.4, -0.2) is 31.7 Å². The van der Waals surface area contributed by atoms with Gasteiger partial charge in [0.1, 0.15) is 12.2 Å². The summed E-state index contributed by atoms with van der Waals surface area (Å²) in [4.78, 5) is 39.4. The number of imide groups is 2. The van der Waals surface area contributed by atoms with Gasteiger partial charge in [0, 0.05) is 0 Å². The summed E-state index contributed by atoms with van der Waals surface area (Å²) >= 11 is 3.50. The lowest BCUT2D eigenvalue weighted by atomic mass is 10.0. The number of carbonyl (C=O) groups excluding carboxylic acids is 3. The highest BCUT2D eigenvalue weighted by Crippen LogP contribution is 2.39. The van der Waals surface area contributed by atoms with Gasteiger partial charge in [-0.2, -0.15) is 0 Å². The van der Waals surface area contributed by atoms with E-state index in [9.17, 15) is 14.4 Å². The fourth-order valence-corrected chi connectivity index (χ4v) is 4.65. The minimum Gasteiger partial charge on any atom is -0.493 e. The lowest BCUT2D eigenvalue weighted by Crippen LogP contribution is -2.54. The summed E-state index contributed by atoms with van der Waals surface area (Å²) in [6.45, 7) is 4.24. The van der Waals surface area contributed by atoms with Crippen molar-refractivity contribution in [3.63, 3.8) is 0 Å². The molecule has 0 aliphatic carbocycles. The van der Waals surface area contributed by atoms with Gasteiger partial charge in [-0.25, -0.2) is 9.69 Å². The summed E-state index contributed by atoms with van der Waals surface area (Å²) < 4.78 is 22.8. The molecule has 1 N–H and O–H groups in total. The van der Waals surface area contributed by atoms with Gasteiger partial charge in [0.15, 0.2) is 23.0 Å². The normalized spacial score (nSPS) is 15.6. The van der Waals surface area contributed by atoms with Gasteiger partial charge in [0.25, 0.3) is 11.8 Å². The lowest BCUT2D eigenvalue weighted by Gasteiger charge is -2.27. The van der Waals surface area contributed by atoms with Crippen LogP contribution in [0.2, 0.25) is 0 Å². The number of benzene rings is 3. The maximum Gasteiger partial charge on any atom is 0.335 e. The molecule has 0 unspecified atom stereocenters. The number of hydrogen-bond donors (Lipinski definition) is 1. The van der Waals surface area contributed by atoms with Gasteiger partial charge < -0.3 is 18.9 Å². The number of hydrogen-bond acceptors (Lipinski definition) is 7. The smallest absolute Gasteiger partial charge is 0.335 e. The predicted octanol–water partition coefficient (Wildman–Crippen LogP) is 5.05. The van der Waals surface area contributed by atoms with Gasteiger partial charge in [-0.3, -0.25) is 14.9 Å². The van der Waals surface area contributed by atoms with Crippen molar-refractivity contribution in [2.45, 2.75) is 20.5 Å². The van der Waals surface area contributed by atoms with E-state index in [-0.39, 0.29) is 19.0 Å². The molecule has 5 rings (SSSR count). The molecule has 2 heterocycles. The van der Waals surface area contributed by atoms with E-state index in [4.69, 9.17) is 18.9 Å². The number of amides is 4. The Morgan fingerprint density at radius 1 is 1.00 bits per heavy atom. The molecule has 0 aromatic heterocycles.